The van der Waals surface area contributed by atoms with Gasteiger partial charge in [0.15, 0.2) is 0 Å². The molecule has 0 unspecified atom stereocenters. The zero-order valence-electron chi connectivity index (χ0n) is 37.1. The Morgan fingerprint density at radius 3 is 0.600 bits per heavy atom. The maximum absolute atomic E-state index is 9.34. The van der Waals surface area contributed by atoms with Crippen LogP contribution in [0.25, 0.3) is 0 Å². The van der Waals surface area contributed by atoms with E-state index >= 15 is 0 Å². The lowest BCUT2D eigenvalue weighted by atomic mass is 10.1. The van der Waals surface area contributed by atoms with E-state index in [0.29, 0.717) is 0 Å². The van der Waals surface area contributed by atoms with Crippen molar-refractivity contribution in [3.63, 3.8) is 0 Å². The van der Waals surface area contributed by atoms with Gasteiger partial charge < -0.3 is 0 Å². The van der Waals surface area contributed by atoms with E-state index in [9.17, 15) is 11.1 Å². The summed E-state index contributed by atoms with van der Waals surface area (Å²) in [6.45, 7) is 60.8. The lowest BCUT2D eigenvalue weighted by molar-refractivity contribution is 1.37. The van der Waals surface area contributed by atoms with Gasteiger partial charge in [0.1, 0.15) is 0 Å². The largest absolute Gasteiger partial charge is 0.247 e. The molecule has 0 atom stereocenters. The molecule has 0 aromatic heterocycles. The smallest absolute Gasteiger partial charge is 0.149 e. The van der Waals surface area contributed by atoms with E-state index < -0.39 is 55.8 Å². The third-order valence-corrected chi connectivity index (χ3v) is 30.3. The number of benzene rings is 3. The quantitative estimate of drug-likeness (QED) is 0.117. The molecule has 0 N–H and O–H groups in total. The van der Waals surface area contributed by atoms with Crippen molar-refractivity contribution < 1.29 is 0 Å². The maximum Gasteiger partial charge on any atom is 0.247 e. The fourth-order valence-corrected chi connectivity index (χ4v) is 32.5. The molecular weight excluding hydrogens is 737 g/mol. The normalized spacial score (nSPS) is 14.1. The van der Waals surface area contributed by atoms with Gasteiger partial charge in [-0.05, 0) is 90.5 Å². The van der Waals surface area contributed by atoms with E-state index in [1.807, 2.05) is 0 Å². The van der Waals surface area contributed by atoms with E-state index in [1.54, 1.807) is 46.7 Å². The average Bonchev–Trinajstić information content (AvgIpc) is 2.87. The zero-order valence-corrected chi connectivity index (χ0v) is 44.9. The Kier molecular flexibility index (Phi) is 12.0. The molecule has 0 fully saturated rings. The fraction of sp³-hybridized carbons (Fsp3) is 0.571. The van der Waals surface area contributed by atoms with E-state index in [4.69, 9.17) is 0 Å². The van der Waals surface area contributed by atoms with Crippen LogP contribution in [-0.2, 0) is 0 Å². The second kappa shape index (κ2) is 13.6. The van der Waals surface area contributed by atoms with Crippen molar-refractivity contribution in [2.45, 2.75) is 159 Å². The molecule has 3 aromatic carbocycles. The second-order valence-electron chi connectivity index (χ2n) is 21.9. The van der Waals surface area contributed by atoms with Crippen LogP contribution in [0.5, 0.6) is 0 Å². The molecule has 0 bridgehead atoms. The molecule has 8 heteroatoms. The van der Waals surface area contributed by atoms with Crippen LogP contribution in [0.1, 0.15) is 33.4 Å². The Labute approximate surface area is 322 Å². The Morgan fingerprint density at radius 2 is 0.460 bits per heavy atom. The van der Waals surface area contributed by atoms with Crippen LogP contribution in [0.3, 0.4) is 0 Å². The molecule has 0 aliphatic rings. The molecule has 0 saturated heterocycles. The van der Waals surface area contributed by atoms with Crippen molar-refractivity contribution in [2.75, 3.05) is 0 Å². The van der Waals surface area contributed by atoms with E-state index in [0.717, 1.165) is 0 Å². The summed E-state index contributed by atoms with van der Waals surface area (Å²) in [6.07, 6.45) is 0. The number of halogens is 1. The van der Waals surface area contributed by atoms with Crippen LogP contribution in [-0.4, -0.2) is 55.8 Å². The summed E-state index contributed by atoms with van der Waals surface area (Å²) in [5.74, 6) is 0. The molecule has 0 radical (unpaired) electrons. The molecule has 0 heterocycles. The molecular formula is C42H75ClSi7. The third kappa shape index (κ3) is 7.96. The predicted molar refractivity (Wildman–Crippen MR) is 256 cm³/mol. The zero-order chi connectivity index (χ0) is 39.3. The van der Waals surface area contributed by atoms with Crippen LogP contribution in [0, 0.1) is 41.5 Å². The van der Waals surface area contributed by atoms with Crippen molar-refractivity contribution >= 4 is 114 Å². The Hall–Kier alpha value is -0.532. The molecule has 50 heavy (non-hydrogen) atoms. The van der Waals surface area contributed by atoms with Crippen LogP contribution in [0.15, 0.2) is 18.2 Å². The predicted octanol–water partition coefficient (Wildman–Crippen LogP) is 8.01. The summed E-state index contributed by atoms with van der Waals surface area (Å²) in [7, 11) is -14.0. The molecule has 278 valence electrons. The molecule has 0 aliphatic heterocycles. The highest BCUT2D eigenvalue weighted by Crippen LogP contribution is 2.24. The van der Waals surface area contributed by atoms with Gasteiger partial charge in [-0.1, -0.05) is 167 Å². The van der Waals surface area contributed by atoms with E-state index in [-0.39, 0.29) is 0 Å². The highest BCUT2D eigenvalue weighted by atomic mass is 35.6. The second-order valence-corrected chi connectivity index (χ2v) is 56.7. The van der Waals surface area contributed by atoms with E-state index in [1.165, 1.54) is 33.4 Å². The van der Waals surface area contributed by atoms with Gasteiger partial charge in [-0.25, -0.2) is 0 Å². The first-order valence-electron chi connectivity index (χ1n) is 19.2. The summed E-state index contributed by atoms with van der Waals surface area (Å²) in [4.78, 5) is 0. The Bertz CT molecular complexity index is 1600. The summed E-state index contributed by atoms with van der Waals surface area (Å²) >= 11 is 9.34. The molecule has 0 spiro atoms. The fourth-order valence-electron chi connectivity index (χ4n) is 9.24. The van der Waals surface area contributed by atoms with Crippen LogP contribution in [0.4, 0.5) is 0 Å². The maximum atomic E-state index is 9.34. The molecule has 3 aromatic rings. The van der Waals surface area contributed by atoms with Crippen LogP contribution in [0.2, 0.25) is 118 Å². The van der Waals surface area contributed by atoms with Gasteiger partial charge in [0, 0.05) is 0 Å². The summed E-state index contributed by atoms with van der Waals surface area (Å²) in [6, 6.07) is 8.24. The number of hydrogen-bond donors (Lipinski definition) is 0. The van der Waals surface area contributed by atoms with Gasteiger partial charge in [0.25, 0.3) is 0 Å². The summed E-state index contributed by atoms with van der Waals surface area (Å²) in [5, 5.41) is 14.4. The highest BCUT2D eigenvalue weighted by molar-refractivity contribution is 7.43. The summed E-state index contributed by atoms with van der Waals surface area (Å²) < 4.78 is 0. The monoisotopic (exact) mass is 810 g/mol. The third-order valence-electron chi connectivity index (χ3n) is 11.5. The van der Waals surface area contributed by atoms with Gasteiger partial charge in [0.2, 0.25) is 7.38 Å². The van der Waals surface area contributed by atoms with Crippen molar-refractivity contribution in [2.24, 2.45) is 0 Å². The standard InChI is InChI=1S/C42H75ClSi7/c1-28-31(4)40(47(16,17)18)37(25-34(28)44(7,8)9)50(43,38-26-35(45(10,11)12)29(2)32(5)41(38)48(19,20)21)39-27-36(46(13,14)15)30(3)33(6)42(39)49(22,23)24/h25-27H,1-24H3. The van der Waals surface area contributed by atoms with Crippen LogP contribution >= 0.6 is 11.1 Å². The SMILES string of the molecule is Cc1c([Si](C)(C)C)cc([Si](Cl)(c2cc([Si](C)(C)C)c(C)c(C)c2[Si](C)(C)C)c2cc([Si](C)(C)C)c(C)c(C)c2[Si](C)(C)C)c([Si](C)(C)C)c1C. The van der Waals surface area contributed by atoms with Gasteiger partial charge in [-0.3, -0.25) is 0 Å². The number of rotatable bonds is 9. The Balaban J connectivity index is 3.07. The molecule has 0 amide bonds. The lowest BCUT2D eigenvalue weighted by Crippen LogP contribution is -2.79. The first-order valence-corrected chi connectivity index (χ1v) is 43.2. The molecule has 0 aliphatic carbocycles. The van der Waals surface area contributed by atoms with Crippen molar-refractivity contribution in [3.8, 4) is 0 Å². The minimum Gasteiger partial charge on any atom is -0.149 e. The average molecular weight is 812 g/mol. The van der Waals surface area contributed by atoms with Gasteiger partial charge in [0.05, 0.1) is 48.4 Å². The van der Waals surface area contributed by atoms with Crippen molar-refractivity contribution in [1.29, 1.82) is 0 Å². The van der Waals surface area contributed by atoms with Gasteiger partial charge >= 0.3 is 0 Å². The first kappa shape index (κ1) is 43.9. The lowest BCUT2D eigenvalue weighted by Gasteiger charge is -2.43. The van der Waals surface area contributed by atoms with Crippen molar-refractivity contribution in [1.82, 2.24) is 0 Å². The molecule has 0 saturated carbocycles. The minimum absolute atomic E-state index is 1.53. The van der Waals surface area contributed by atoms with E-state index in [2.05, 4.69) is 178 Å². The topological polar surface area (TPSA) is 0 Å². The van der Waals surface area contributed by atoms with Gasteiger partial charge in [-0.2, -0.15) is 0 Å². The molecule has 3 rings (SSSR count). The van der Waals surface area contributed by atoms with Crippen molar-refractivity contribution in [3.05, 3.63) is 51.6 Å². The highest BCUT2D eigenvalue weighted by Gasteiger charge is 2.50. The van der Waals surface area contributed by atoms with Crippen LogP contribution < -0.4 is 46.7 Å². The van der Waals surface area contributed by atoms with Gasteiger partial charge in [-0.15, -0.1) is 11.1 Å². The first-order chi connectivity index (χ1) is 22.0. The Morgan fingerprint density at radius 1 is 0.280 bits per heavy atom. The number of hydrogen-bond acceptors (Lipinski definition) is 0. The molecule has 0 nitrogen and oxygen atoms in total. The minimum atomic E-state index is -3.19. The summed E-state index contributed by atoms with van der Waals surface area (Å²) in [5.41, 5.74) is 9.18.